The van der Waals surface area contributed by atoms with Gasteiger partial charge in [-0.1, -0.05) is 6.92 Å². The lowest BCUT2D eigenvalue weighted by Crippen LogP contribution is -2.36. The van der Waals surface area contributed by atoms with Gasteiger partial charge in [-0.05, 0) is 50.8 Å². The van der Waals surface area contributed by atoms with E-state index in [1.807, 2.05) is 0 Å². The second-order valence-corrected chi connectivity index (χ2v) is 6.58. The molecule has 2 N–H and O–H groups in total. The summed E-state index contributed by atoms with van der Waals surface area (Å²) < 4.78 is 0. The number of thiophene rings is 1. The Morgan fingerprint density at radius 3 is 2.90 bits per heavy atom. The zero-order chi connectivity index (χ0) is 14.7. The lowest BCUT2D eigenvalue weighted by atomic mass is 10.1. The van der Waals surface area contributed by atoms with Gasteiger partial charge in [0, 0.05) is 12.6 Å². The van der Waals surface area contributed by atoms with Crippen LogP contribution in [0.5, 0.6) is 0 Å². The van der Waals surface area contributed by atoms with Crippen molar-refractivity contribution in [3.63, 3.8) is 0 Å². The first-order chi connectivity index (χ1) is 10.3. The van der Waals surface area contributed by atoms with Crippen LogP contribution in [0.3, 0.4) is 0 Å². The lowest BCUT2D eigenvalue weighted by Gasteiger charge is -2.30. The van der Waals surface area contributed by atoms with Crippen LogP contribution in [-0.2, 0) is 0 Å². The molecule has 0 radical (unpaired) electrons. The molecule has 21 heavy (non-hydrogen) atoms. The van der Waals surface area contributed by atoms with E-state index in [0.717, 1.165) is 48.0 Å². The minimum atomic E-state index is 0.512. The molecule has 0 amide bonds. The van der Waals surface area contributed by atoms with E-state index < -0.39 is 0 Å². The molecule has 1 aliphatic heterocycles. The highest BCUT2D eigenvalue weighted by atomic mass is 32.1. The van der Waals surface area contributed by atoms with E-state index in [1.165, 1.54) is 12.8 Å². The second-order valence-electron chi connectivity index (χ2n) is 5.68. The van der Waals surface area contributed by atoms with E-state index >= 15 is 0 Å². The molecule has 1 aliphatic rings. The van der Waals surface area contributed by atoms with Gasteiger partial charge in [0.15, 0.2) is 0 Å². The molecule has 5 nitrogen and oxygen atoms in total. The van der Waals surface area contributed by atoms with Gasteiger partial charge in [-0.2, -0.15) is 4.98 Å². The van der Waals surface area contributed by atoms with Crippen LogP contribution in [-0.4, -0.2) is 47.6 Å². The van der Waals surface area contributed by atoms with Crippen LogP contribution in [0.25, 0.3) is 10.2 Å². The monoisotopic (exact) mass is 305 g/mol. The van der Waals surface area contributed by atoms with E-state index in [9.17, 15) is 0 Å². The molecule has 3 heterocycles. The molecule has 2 aromatic heterocycles. The summed E-state index contributed by atoms with van der Waals surface area (Å²) in [7, 11) is 2.19. The van der Waals surface area contributed by atoms with Crippen LogP contribution in [0.2, 0.25) is 0 Å². The molecule has 0 aromatic carbocycles. The molecular formula is C15H23N5S. The Morgan fingerprint density at radius 2 is 2.14 bits per heavy atom. The number of likely N-dealkylation sites (tertiary alicyclic amines) is 1. The second kappa shape index (κ2) is 6.58. The summed E-state index contributed by atoms with van der Waals surface area (Å²) in [5.74, 6) is 1.72. The fourth-order valence-electron chi connectivity index (χ4n) is 2.63. The van der Waals surface area contributed by atoms with Crippen molar-refractivity contribution < 1.29 is 0 Å². The van der Waals surface area contributed by atoms with Crippen LogP contribution >= 0.6 is 11.3 Å². The van der Waals surface area contributed by atoms with Gasteiger partial charge in [0.2, 0.25) is 5.95 Å². The lowest BCUT2D eigenvalue weighted by molar-refractivity contribution is 0.264. The molecule has 0 atom stereocenters. The molecule has 114 valence electrons. The van der Waals surface area contributed by atoms with Crippen molar-refractivity contribution in [2.24, 2.45) is 0 Å². The number of fused-ring (bicyclic) bond motifs is 1. The Kier molecular flexibility index (Phi) is 4.55. The number of nitrogens with one attached hydrogen (secondary N) is 2. The fraction of sp³-hybridized carbons (Fsp3) is 0.600. The molecule has 0 aliphatic carbocycles. The Balaban J connectivity index is 1.80. The Morgan fingerprint density at radius 1 is 1.33 bits per heavy atom. The fourth-order valence-corrected chi connectivity index (χ4v) is 3.39. The largest absolute Gasteiger partial charge is 0.367 e. The van der Waals surface area contributed by atoms with Crippen molar-refractivity contribution in [2.75, 3.05) is 37.3 Å². The van der Waals surface area contributed by atoms with E-state index in [-0.39, 0.29) is 0 Å². The zero-order valence-electron chi connectivity index (χ0n) is 12.7. The molecule has 0 spiro atoms. The normalized spacial score (nSPS) is 17.2. The molecule has 1 fully saturated rings. The van der Waals surface area contributed by atoms with Crippen LogP contribution in [0.15, 0.2) is 11.4 Å². The first-order valence-electron chi connectivity index (χ1n) is 7.70. The highest BCUT2D eigenvalue weighted by molar-refractivity contribution is 7.16. The molecular weight excluding hydrogens is 282 g/mol. The summed E-state index contributed by atoms with van der Waals surface area (Å²) in [6, 6.07) is 2.62. The summed E-state index contributed by atoms with van der Waals surface area (Å²) in [4.78, 5) is 12.7. The number of hydrogen-bond donors (Lipinski definition) is 2. The SMILES string of the molecule is CCCNc1nc(NC2CCN(C)CC2)c2ccsc2n1. The Labute approximate surface area is 129 Å². The maximum absolute atomic E-state index is 4.68. The number of anilines is 2. The molecule has 3 rings (SSSR count). The average Bonchev–Trinajstić information content (AvgIpc) is 2.96. The van der Waals surface area contributed by atoms with Crippen molar-refractivity contribution in [3.8, 4) is 0 Å². The van der Waals surface area contributed by atoms with Gasteiger partial charge in [-0.25, -0.2) is 4.98 Å². The van der Waals surface area contributed by atoms with Gasteiger partial charge in [0.1, 0.15) is 10.6 Å². The minimum Gasteiger partial charge on any atom is -0.367 e. The number of aromatic nitrogens is 2. The smallest absolute Gasteiger partial charge is 0.226 e. The van der Waals surface area contributed by atoms with Crippen LogP contribution in [0.1, 0.15) is 26.2 Å². The number of nitrogens with zero attached hydrogens (tertiary/aromatic N) is 3. The number of hydrogen-bond acceptors (Lipinski definition) is 6. The first kappa shape index (κ1) is 14.5. The van der Waals surface area contributed by atoms with Crippen molar-refractivity contribution in [1.82, 2.24) is 14.9 Å². The van der Waals surface area contributed by atoms with Gasteiger partial charge in [0.25, 0.3) is 0 Å². The van der Waals surface area contributed by atoms with E-state index in [2.05, 4.69) is 50.9 Å². The van der Waals surface area contributed by atoms with Crippen molar-refractivity contribution in [1.29, 1.82) is 0 Å². The van der Waals surface area contributed by atoms with Gasteiger partial charge >= 0.3 is 0 Å². The molecule has 0 unspecified atom stereocenters. The topological polar surface area (TPSA) is 53.1 Å². The molecule has 6 heteroatoms. The van der Waals surface area contributed by atoms with E-state index in [0.29, 0.717) is 6.04 Å². The Bertz CT molecular complexity index is 589. The highest BCUT2D eigenvalue weighted by Gasteiger charge is 2.18. The Hall–Kier alpha value is -1.40. The van der Waals surface area contributed by atoms with Crippen molar-refractivity contribution in [3.05, 3.63) is 11.4 Å². The predicted molar refractivity (Wildman–Crippen MR) is 90.3 cm³/mol. The standard InChI is InChI=1S/C15H23N5S/c1-3-7-16-15-18-13(12-6-10-21-14(12)19-15)17-11-4-8-20(2)9-5-11/h6,10-11H,3-5,7-9H2,1-2H3,(H2,16,17,18,19). The number of rotatable bonds is 5. The average molecular weight is 305 g/mol. The van der Waals surface area contributed by atoms with Crippen LogP contribution in [0.4, 0.5) is 11.8 Å². The molecule has 0 bridgehead atoms. The maximum Gasteiger partial charge on any atom is 0.226 e. The van der Waals surface area contributed by atoms with Crippen molar-refractivity contribution >= 4 is 33.3 Å². The first-order valence-corrected chi connectivity index (χ1v) is 8.58. The zero-order valence-corrected chi connectivity index (χ0v) is 13.5. The highest BCUT2D eigenvalue weighted by Crippen LogP contribution is 2.28. The van der Waals surface area contributed by atoms with Gasteiger partial charge < -0.3 is 15.5 Å². The molecule has 1 saturated heterocycles. The third-order valence-corrected chi connectivity index (χ3v) is 4.72. The molecule has 2 aromatic rings. The summed E-state index contributed by atoms with van der Waals surface area (Å²) >= 11 is 1.67. The van der Waals surface area contributed by atoms with Crippen LogP contribution in [0, 0.1) is 0 Å². The minimum absolute atomic E-state index is 0.512. The van der Waals surface area contributed by atoms with Gasteiger partial charge in [0.05, 0.1) is 5.39 Å². The van der Waals surface area contributed by atoms with Crippen molar-refractivity contribution in [2.45, 2.75) is 32.2 Å². The summed E-state index contributed by atoms with van der Waals surface area (Å²) in [6.45, 7) is 5.35. The quantitative estimate of drug-likeness (QED) is 0.889. The van der Waals surface area contributed by atoms with E-state index in [1.54, 1.807) is 11.3 Å². The third kappa shape index (κ3) is 3.44. The van der Waals surface area contributed by atoms with E-state index in [4.69, 9.17) is 0 Å². The van der Waals surface area contributed by atoms with Crippen LogP contribution < -0.4 is 10.6 Å². The maximum atomic E-state index is 4.68. The van der Waals surface area contributed by atoms with Gasteiger partial charge in [-0.3, -0.25) is 0 Å². The molecule has 0 saturated carbocycles. The summed E-state index contributed by atoms with van der Waals surface area (Å²) in [5, 5.41) is 10.2. The summed E-state index contributed by atoms with van der Waals surface area (Å²) in [5.41, 5.74) is 0. The number of piperidine rings is 1. The summed E-state index contributed by atoms with van der Waals surface area (Å²) in [6.07, 6.45) is 3.41. The third-order valence-electron chi connectivity index (χ3n) is 3.92. The predicted octanol–water partition coefficient (Wildman–Crippen LogP) is 3.02. The van der Waals surface area contributed by atoms with Gasteiger partial charge in [-0.15, -0.1) is 11.3 Å².